The Bertz CT molecular complexity index is 524. The molecule has 0 saturated carbocycles. The molecule has 2 aromatic rings. The number of aryl methyl sites for hydroxylation is 1. The van der Waals surface area contributed by atoms with Crippen LogP contribution in [0, 0.1) is 6.92 Å². The molecule has 1 amide bonds. The van der Waals surface area contributed by atoms with E-state index >= 15 is 0 Å². The van der Waals surface area contributed by atoms with E-state index in [-0.39, 0.29) is 16.7 Å². The lowest BCUT2D eigenvalue weighted by Crippen LogP contribution is -2.13. The predicted molar refractivity (Wildman–Crippen MR) is 58.4 cm³/mol. The summed E-state index contributed by atoms with van der Waals surface area (Å²) < 4.78 is 4.81. The van der Waals surface area contributed by atoms with Crippen molar-refractivity contribution in [3.05, 3.63) is 41.1 Å². The molecule has 0 aliphatic heterocycles. The van der Waals surface area contributed by atoms with Gasteiger partial charge in [-0.3, -0.25) is 10.1 Å². The third-order valence-electron chi connectivity index (χ3n) is 1.88. The highest BCUT2D eigenvalue weighted by Gasteiger charge is 2.13. The second-order valence-corrected chi connectivity index (χ2v) is 3.43. The highest BCUT2D eigenvalue weighted by Crippen LogP contribution is 2.17. The van der Waals surface area contributed by atoms with Gasteiger partial charge in [0.05, 0.1) is 11.8 Å². The molecule has 2 rings (SSSR count). The molecule has 0 aliphatic carbocycles. The van der Waals surface area contributed by atoms with Gasteiger partial charge < -0.3 is 4.42 Å². The minimum atomic E-state index is -0.399. The lowest BCUT2D eigenvalue weighted by Gasteiger charge is -2.01. The Hall–Kier alpha value is -1.88. The monoisotopic (exact) mass is 237 g/mol. The van der Waals surface area contributed by atoms with Crippen LogP contribution in [0.4, 0.5) is 5.95 Å². The summed E-state index contributed by atoms with van der Waals surface area (Å²) in [6.07, 6.45) is 2.91. The van der Waals surface area contributed by atoms with Crippen molar-refractivity contribution in [2.24, 2.45) is 0 Å². The van der Waals surface area contributed by atoms with Gasteiger partial charge in [-0.05, 0) is 30.7 Å². The Labute approximate surface area is 96.5 Å². The number of carbonyl (C=O) groups is 1. The van der Waals surface area contributed by atoms with E-state index in [1.165, 1.54) is 12.3 Å². The fraction of sp³-hybridized carbons (Fsp3) is 0.100. The van der Waals surface area contributed by atoms with Gasteiger partial charge in [-0.2, -0.15) is 0 Å². The maximum atomic E-state index is 11.7. The average molecular weight is 238 g/mol. The van der Waals surface area contributed by atoms with Crippen molar-refractivity contribution in [3.63, 3.8) is 0 Å². The van der Waals surface area contributed by atoms with E-state index in [0.29, 0.717) is 0 Å². The van der Waals surface area contributed by atoms with Gasteiger partial charge >= 0.3 is 0 Å². The van der Waals surface area contributed by atoms with Gasteiger partial charge in [0.15, 0.2) is 0 Å². The number of hydrogen-bond donors (Lipinski definition) is 1. The summed E-state index contributed by atoms with van der Waals surface area (Å²) in [5, 5.41) is 2.57. The summed E-state index contributed by atoms with van der Waals surface area (Å²) in [7, 11) is 0. The molecule has 0 fully saturated rings. The second-order valence-electron chi connectivity index (χ2n) is 3.08. The number of amides is 1. The van der Waals surface area contributed by atoms with Crippen molar-refractivity contribution in [2.45, 2.75) is 6.92 Å². The number of halogens is 1. The minimum absolute atomic E-state index is 0.0464. The molecule has 0 bridgehead atoms. The summed E-state index contributed by atoms with van der Waals surface area (Å²) in [6, 6.07) is 3.22. The Morgan fingerprint density at radius 3 is 2.94 bits per heavy atom. The van der Waals surface area contributed by atoms with E-state index in [9.17, 15) is 4.79 Å². The molecule has 16 heavy (non-hydrogen) atoms. The quantitative estimate of drug-likeness (QED) is 0.870. The first-order valence-electron chi connectivity index (χ1n) is 4.51. The van der Waals surface area contributed by atoms with Crippen molar-refractivity contribution in [2.75, 3.05) is 5.32 Å². The fourth-order valence-electron chi connectivity index (χ4n) is 1.13. The van der Waals surface area contributed by atoms with Crippen LogP contribution < -0.4 is 5.32 Å². The van der Waals surface area contributed by atoms with E-state index < -0.39 is 5.91 Å². The summed E-state index contributed by atoms with van der Waals surface area (Å²) in [4.78, 5) is 19.6. The number of nitrogens with zero attached hydrogens (tertiary/aromatic N) is 2. The molecule has 0 aliphatic rings. The molecule has 2 aromatic heterocycles. The lowest BCUT2D eigenvalue weighted by molar-refractivity contribution is 0.102. The molecule has 0 unspecified atom stereocenters. The molecule has 0 atom stereocenters. The van der Waals surface area contributed by atoms with Crippen LogP contribution in [0.1, 0.15) is 16.1 Å². The topological polar surface area (TPSA) is 68.0 Å². The minimum Gasteiger partial charge on any atom is -0.452 e. The van der Waals surface area contributed by atoms with Crippen molar-refractivity contribution >= 4 is 23.5 Å². The second kappa shape index (κ2) is 4.32. The molecule has 2 heterocycles. The Kier molecular flexibility index (Phi) is 2.87. The Morgan fingerprint density at radius 2 is 2.31 bits per heavy atom. The fourth-order valence-corrected chi connectivity index (χ4v) is 1.33. The molecular formula is C10H8ClN3O2. The van der Waals surface area contributed by atoms with Crippen LogP contribution >= 0.6 is 11.6 Å². The number of aromatic nitrogens is 2. The van der Waals surface area contributed by atoms with Gasteiger partial charge in [-0.15, -0.1) is 0 Å². The zero-order valence-electron chi connectivity index (χ0n) is 8.40. The lowest BCUT2D eigenvalue weighted by atomic mass is 10.3. The molecule has 0 saturated heterocycles. The first-order valence-corrected chi connectivity index (χ1v) is 4.88. The van der Waals surface area contributed by atoms with Crippen LogP contribution in [-0.4, -0.2) is 15.9 Å². The first-order chi connectivity index (χ1) is 7.66. The van der Waals surface area contributed by atoms with Gasteiger partial charge in [0.2, 0.25) is 11.2 Å². The van der Waals surface area contributed by atoms with Crippen molar-refractivity contribution in [1.29, 1.82) is 0 Å². The van der Waals surface area contributed by atoms with E-state index in [4.69, 9.17) is 16.0 Å². The molecule has 0 aromatic carbocycles. The van der Waals surface area contributed by atoms with Gasteiger partial charge in [-0.25, -0.2) is 9.97 Å². The zero-order chi connectivity index (χ0) is 11.5. The van der Waals surface area contributed by atoms with Gasteiger partial charge in [0.1, 0.15) is 0 Å². The predicted octanol–water partition coefficient (Wildman–Crippen LogP) is 2.28. The summed E-state index contributed by atoms with van der Waals surface area (Å²) in [5.74, 6) is -0.161. The van der Waals surface area contributed by atoms with E-state index in [1.54, 1.807) is 12.3 Å². The average Bonchev–Trinajstić information content (AvgIpc) is 2.64. The number of rotatable bonds is 2. The van der Waals surface area contributed by atoms with Gasteiger partial charge in [0.25, 0.3) is 5.91 Å². The molecule has 5 nitrogen and oxygen atoms in total. The van der Waals surface area contributed by atoms with Crippen LogP contribution in [0.5, 0.6) is 0 Å². The first kappa shape index (κ1) is 10.6. The zero-order valence-corrected chi connectivity index (χ0v) is 9.15. The number of hydrogen-bond acceptors (Lipinski definition) is 4. The molecule has 82 valence electrons. The SMILES string of the molecule is Cc1ccnc(NC(=O)c2ccoc2Cl)n1. The number of anilines is 1. The molecule has 0 radical (unpaired) electrons. The Morgan fingerprint density at radius 1 is 1.50 bits per heavy atom. The highest BCUT2D eigenvalue weighted by atomic mass is 35.5. The molecular weight excluding hydrogens is 230 g/mol. The molecule has 1 N–H and O–H groups in total. The third kappa shape index (κ3) is 2.20. The summed E-state index contributed by atoms with van der Waals surface area (Å²) in [6.45, 7) is 1.81. The van der Waals surface area contributed by atoms with E-state index in [2.05, 4.69) is 15.3 Å². The number of carbonyl (C=O) groups excluding carboxylic acids is 1. The largest absolute Gasteiger partial charge is 0.452 e. The maximum Gasteiger partial charge on any atom is 0.262 e. The van der Waals surface area contributed by atoms with Crippen LogP contribution in [0.3, 0.4) is 0 Å². The van der Waals surface area contributed by atoms with Crippen LogP contribution in [0.15, 0.2) is 29.0 Å². The molecule has 6 heteroatoms. The van der Waals surface area contributed by atoms with Crippen LogP contribution in [0.25, 0.3) is 0 Å². The van der Waals surface area contributed by atoms with E-state index in [1.807, 2.05) is 6.92 Å². The van der Waals surface area contributed by atoms with Gasteiger partial charge in [-0.1, -0.05) is 0 Å². The summed E-state index contributed by atoms with van der Waals surface area (Å²) in [5.41, 5.74) is 1.02. The highest BCUT2D eigenvalue weighted by molar-refractivity contribution is 6.32. The number of nitrogens with one attached hydrogen (secondary N) is 1. The third-order valence-corrected chi connectivity index (χ3v) is 2.18. The van der Waals surface area contributed by atoms with Crippen molar-refractivity contribution in [3.8, 4) is 0 Å². The van der Waals surface area contributed by atoms with Gasteiger partial charge in [0, 0.05) is 11.9 Å². The summed E-state index contributed by atoms with van der Waals surface area (Å²) >= 11 is 5.66. The van der Waals surface area contributed by atoms with E-state index in [0.717, 1.165) is 5.69 Å². The van der Waals surface area contributed by atoms with Crippen LogP contribution in [-0.2, 0) is 0 Å². The number of furan rings is 1. The maximum absolute atomic E-state index is 11.7. The molecule has 0 spiro atoms. The smallest absolute Gasteiger partial charge is 0.262 e. The Balaban J connectivity index is 2.17. The van der Waals surface area contributed by atoms with Crippen LogP contribution in [0.2, 0.25) is 5.22 Å². The normalized spacial score (nSPS) is 10.1. The van der Waals surface area contributed by atoms with Crippen molar-refractivity contribution in [1.82, 2.24) is 9.97 Å². The van der Waals surface area contributed by atoms with Crippen molar-refractivity contribution < 1.29 is 9.21 Å². The standard InChI is InChI=1S/C10H8ClN3O2/c1-6-2-4-12-10(13-6)14-9(15)7-3-5-16-8(7)11/h2-5H,1H3,(H,12,13,14,15).